The molecule has 26 heavy (non-hydrogen) atoms. The number of carbonyl (C=O) groups excluding carboxylic acids is 1. The average Bonchev–Trinajstić information content (AvgIpc) is 2.67. The van der Waals surface area contributed by atoms with Gasteiger partial charge >= 0.3 is 0 Å². The van der Waals surface area contributed by atoms with Crippen LogP contribution in [0.15, 0.2) is 48.7 Å². The van der Waals surface area contributed by atoms with Crippen LogP contribution >= 0.6 is 11.6 Å². The molecule has 0 aliphatic rings. The van der Waals surface area contributed by atoms with Crippen LogP contribution < -0.4 is 14.8 Å². The highest BCUT2D eigenvalue weighted by atomic mass is 35.5. The molecule has 1 aromatic heterocycles. The maximum absolute atomic E-state index is 12.6. The summed E-state index contributed by atoms with van der Waals surface area (Å²) >= 11 is 6.13. The minimum Gasteiger partial charge on any atom is -0.497 e. The number of pyridine rings is 1. The molecule has 1 N–H and O–H groups in total. The standard InChI is InChI=1S/C20H19ClN2O3/c1-25-16-5-6-18(26-2)13(11-16)7-9-23-20(24)17-12-15(21)10-14-4-3-8-22-19(14)17/h3-6,8,10-12H,7,9H2,1-2H3,(H,23,24). The minimum atomic E-state index is -0.210. The van der Waals surface area contributed by atoms with E-state index in [0.29, 0.717) is 29.1 Å². The lowest BCUT2D eigenvalue weighted by Crippen LogP contribution is -2.26. The molecule has 0 saturated carbocycles. The zero-order chi connectivity index (χ0) is 18.5. The molecule has 2 aromatic carbocycles. The number of nitrogens with zero attached hydrogens (tertiary/aromatic N) is 1. The zero-order valence-electron chi connectivity index (χ0n) is 14.6. The van der Waals surface area contributed by atoms with Crippen molar-refractivity contribution >= 4 is 28.4 Å². The molecule has 0 aliphatic heterocycles. The van der Waals surface area contributed by atoms with Gasteiger partial charge in [-0.1, -0.05) is 17.7 Å². The minimum absolute atomic E-state index is 0.210. The van der Waals surface area contributed by atoms with E-state index in [1.165, 1.54) is 0 Å². The van der Waals surface area contributed by atoms with Gasteiger partial charge in [0.2, 0.25) is 0 Å². The highest BCUT2D eigenvalue weighted by Gasteiger charge is 2.13. The quantitative estimate of drug-likeness (QED) is 0.715. The summed E-state index contributed by atoms with van der Waals surface area (Å²) in [7, 11) is 3.23. The second kappa shape index (κ2) is 8.06. The van der Waals surface area contributed by atoms with Gasteiger partial charge in [0.1, 0.15) is 11.5 Å². The first-order chi connectivity index (χ1) is 12.6. The number of ether oxygens (including phenoxy) is 2. The predicted molar refractivity (Wildman–Crippen MR) is 102 cm³/mol. The van der Waals surface area contributed by atoms with E-state index in [0.717, 1.165) is 22.4 Å². The molecule has 5 nitrogen and oxygen atoms in total. The van der Waals surface area contributed by atoms with Gasteiger partial charge in [-0.3, -0.25) is 9.78 Å². The Bertz CT molecular complexity index is 943. The van der Waals surface area contributed by atoms with Gasteiger partial charge < -0.3 is 14.8 Å². The molecule has 0 bridgehead atoms. The average molecular weight is 371 g/mol. The SMILES string of the molecule is COc1ccc(OC)c(CCNC(=O)c2cc(Cl)cc3cccnc23)c1. The topological polar surface area (TPSA) is 60.5 Å². The van der Waals surface area contributed by atoms with Crippen LogP contribution in [0.5, 0.6) is 11.5 Å². The molecule has 0 radical (unpaired) electrons. The number of benzene rings is 2. The van der Waals surface area contributed by atoms with Crippen molar-refractivity contribution in [1.82, 2.24) is 10.3 Å². The van der Waals surface area contributed by atoms with Gasteiger partial charge in [-0.2, -0.15) is 0 Å². The number of aromatic nitrogens is 1. The Balaban J connectivity index is 1.74. The molecule has 1 amide bonds. The first kappa shape index (κ1) is 18.0. The summed E-state index contributed by atoms with van der Waals surface area (Å²) in [5, 5.41) is 4.26. The molecular weight excluding hydrogens is 352 g/mol. The first-order valence-electron chi connectivity index (χ1n) is 8.15. The number of nitrogens with one attached hydrogen (secondary N) is 1. The maximum Gasteiger partial charge on any atom is 0.253 e. The van der Waals surface area contributed by atoms with E-state index >= 15 is 0 Å². The summed E-state index contributed by atoms with van der Waals surface area (Å²) in [4.78, 5) is 16.9. The number of hydrogen-bond donors (Lipinski definition) is 1. The van der Waals surface area contributed by atoms with E-state index < -0.39 is 0 Å². The molecule has 0 spiro atoms. The van der Waals surface area contributed by atoms with Crippen molar-refractivity contribution < 1.29 is 14.3 Å². The Kier molecular flexibility index (Phi) is 5.58. The summed E-state index contributed by atoms with van der Waals surface area (Å²) in [6.45, 7) is 0.448. The fourth-order valence-corrected chi connectivity index (χ4v) is 3.04. The molecule has 1 heterocycles. The number of methoxy groups -OCH3 is 2. The Hall–Kier alpha value is -2.79. The Morgan fingerprint density at radius 2 is 2.00 bits per heavy atom. The molecule has 3 rings (SSSR count). The fourth-order valence-electron chi connectivity index (χ4n) is 2.81. The Morgan fingerprint density at radius 3 is 2.77 bits per heavy atom. The third-order valence-corrected chi connectivity index (χ3v) is 4.30. The molecular formula is C20H19ClN2O3. The van der Waals surface area contributed by atoms with Crippen LogP contribution in [0, 0.1) is 0 Å². The van der Waals surface area contributed by atoms with E-state index in [2.05, 4.69) is 10.3 Å². The van der Waals surface area contributed by atoms with Gasteiger partial charge in [-0.05, 0) is 48.4 Å². The molecule has 0 saturated heterocycles. The molecule has 3 aromatic rings. The summed E-state index contributed by atoms with van der Waals surface area (Å²) in [5.74, 6) is 1.30. The van der Waals surface area contributed by atoms with Gasteiger partial charge in [0, 0.05) is 23.2 Å². The fraction of sp³-hybridized carbons (Fsp3) is 0.200. The molecule has 0 fully saturated rings. The van der Waals surface area contributed by atoms with Gasteiger partial charge in [0.15, 0.2) is 0 Å². The van der Waals surface area contributed by atoms with Crippen LogP contribution in [0.3, 0.4) is 0 Å². The number of amides is 1. The summed E-state index contributed by atoms with van der Waals surface area (Å²) in [6.07, 6.45) is 2.27. The number of carbonyl (C=O) groups is 1. The van der Waals surface area contributed by atoms with Crippen molar-refractivity contribution in [2.45, 2.75) is 6.42 Å². The molecule has 0 aliphatic carbocycles. The lowest BCUT2D eigenvalue weighted by atomic mass is 10.1. The van der Waals surface area contributed by atoms with E-state index in [1.807, 2.05) is 30.3 Å². The van der Waals surface area contributed by atoms with Crippen LogP contribution in [0.2, 0.25) is 5.02 Å². The molecule has 134 valence electrons. The number of rotatable bonds is 6. The number of halogens is 1. The summed E-state index contributed by atoms with van der Waals surface area (Å²) < 4.78 is 10.6. The Morgan fingerprint density at radius 1 is 1.15 bits per heavy atom. The van der Waals surface area contributed by atoms with Crippen LogP contribution in [0.25, 0.3) is 10.9 Å². The Labute approximate surface area is 156 Å². The van der Waals surface area contributed by atoms with E-state index in [9.17, 15) is 4.79 Å². The van der Waals surface area contributed by atoms with Crippen molar-refractivity contribution in [1.29, 1.82) is 0 Å². The van der Waals surface area contributed by atoms with Crippen LogP contribution in [-0.2, 0) is 6.42 Å². The lowest BCUT2D eigenvalue weighted by molar-refractivity contribution is 0.0955. The number of fused-ring (bicyclic) bond motifs is 1. The highest BCUT2D eigenvalue weighted by molar-refractivity contribution is 6.32. The van der Waals surface area contributed by atoms with E-state index in [1.54, 1.807) is 32.5 Å². The van der Waals surface area contributed by atoms with Crippen LogP contribution in [0.4, 0.5) is 0 Å². The van der Waals surface area contributed by atoms with E-state index in [-0.39, 0.29) is 5.91 Å². The van der Waals surface area contributed by atoms with Gasteiger partial charge in [-0.25, -0.2) is 0 Å². The predicted octanol–water partition coefficient (Wildman–Crippen LogP) is 3.88. The summed E-state index contributed by atoms with van der Waals surface area (Å²) in [5.41, 5.74) is 2.06. The monoisotopic (exact) mass is 370 g/mol. The second-order valence-electron chi connectivity index (χ2n) is 5.71. The smallest absolute Gasteiger partial charge is 0.253 e. The zero-order valence-corrected chi connectivity index (χ0v) is 15.3. The van der Waals surface area contributed by atoms with Crippen molar-refractivity contribution in [3.05, 3.63) is 64.8 Å². The van der Waals surface area contributed by atoms with Gasteiger partial charge in [0.05, 0.1) is 25.3 Å². The number of hydrogen-bond acceptors (Lipinski definition) is 4. The molecule has 0 atom stereocenters. The third-order valence-electron chi connectivity index (χ3n) is 4.08. The lowest BCUT2D eigenvalue weighted by Gasteiger charge is -2.12. The van der Waals surface area contributed by atoms with Crippen LogP contribution in [0.1, 0.15) is 15.9 Å². The normalized spacial score (nSPS) is 10.6. The van der Waals surface area contributed by atoms with Crippen LogP contribution in [-0.4, -0.2) is 31.7 Å². The first-order valence-corrected chi connectivity index (χ1v) is 8.53. The van der Waals surface area contributed by atoms with Crippen molar-refractivity contribution in [3.8, 4) is 11.5 Å². The third kappa shape index (κ3) is 3.89. The molecule has 0 unspecified atom stereocenters. The van der Waals surface area contributed by atoms with Crippen molar-refractivity contribution in [2.24, 2.45) is 0 Å². The molecule has 6 heteroatoms. The van der Waals surface area contributed by atoms with Gasteiger partial charge in [-0.15, -0.1) is 0 Å². The summed E-state index contributed by atoms with van der Waals surface area (Å²) in [6, 6.07) is 12.7. The van der Waals surface area contributed by atoms with Crippen molar-refractivity contribution in [3.63, 3.8) is 0 Å². The van der Waals surface area contributed by atoms with Crippen molar-refractivity contribution in [2.75, 3.05) is 20.8 Å². The second-order valence-corrected chi connectivity index (χ2v) is 6.15. The highest BCUT2D eigenvalue weighted by Crippen LogP contribution is 2.25. The van der Waals surface area contributed by atoms with Gasteiger partial charge in [0.25, 0.3) is 5.91 Å². The van der Waals surface area contributed by atoms with E-state index in [4.69, 9.17) is 21.1 Å². The maximum atomic E-state index is 12.6. The largest absolute Gasteiger partial charge is 0.497 e.